The van der Waals surface area contributed by atoms with Gasteiger partial charge in [0.2, 0.25) is 5.16 Å². The molecule has 0 unspecified atom stereocenters. The van der Waals surface area contributed by atoms with Crippen LogP contribution in [0.5, 0.6) is 0 Å². The van der Waals surface area contributed by atoms with Crippen LogP contribution in [0, 0.1) is 0 Å². The van der Waals surface area contributed by atoms with Crippen molar-refractivity contribution in [3.8, 4) is 0 Å². The maximum Gasteiger partial charge on any atom is 0.215 e. The van der Waals surface area contributed by atoms with Crippen LogP contribution >= 0.6 is 11.8 Å². The quantitative estimate of drug-likeness (QED) is 0.758. The maximum absolute atomic E-state index is 5.45. The minimum Gasteiger partial charge on any atom is -0.381 e. The molecule has 0 N–H and O–H groups in total. The van der Waals surface area contributed by atoms with Gasteiger partial charge in [0.05, 0.1) is 11.7 Å². The molecule has 2 aromatic heterocycles. The maximum atomic E-state index is 5.45. The third kappa shape index (κ3) is 4.40. The molecule has 0 amide bonds. The second-order valence-corrected chi connectivity index (χ2v) is 9.75. The van der Waals surface area contributed by atoms with E-state index in [-0.39, 0.29) is 16.9 Å². The zero-order valence-electron chi connectivity index (χ0n) is 16.5. The van der Waals surface area contributed by atoms with Crippen molar-refractivity contribution < 1.29 is 4.74 Å². The van der Waals surface area contributed by atoms with Crippen LogP contribution in [0.1, 0.15) is 71.9 Å². The lowest BCUT2D eigenvalue weighted by Crippen LogP contribution is -2.22. The number of aromatic nitrogens is 6. The first-order valence-electron chi connectivity index (χ1n) is 9.08. The van der Waals surface area contributed by atoms with E-state index in [1.165, 1.54) is 11.8 Å². The van der Waals surface area contributed by atoms with Crippen LogP contribution in [0.2, 0.25) is 0 Å². The minimum absolute atomic E-state index is 0.0507. The van der Waals surface area contributed by atoms with Gasteiger partial charge in [0.1, 0.15) is 10.9 Å². The summed E-state index contributed by atoms with van der Waals surface area (Å²) in [5.74, 6) is 0.845. The van der Waals surface area contributed by atoms with Gasteiger partial charge in [-0.25, -0.2) is 14.6 Å². The molecule has 0 atom stereocenters. The van der Waals surface area contributed by atoms with Gasteiger partial charge in [-0.15, -0.1) is 5.10 Å². The minimum atomic E-state index is -0.122. The van der Waals surface area contributed by atoms with E-state index in [1.54, 1.807) is 0 Å². The summed E-state index contributed by atoms with van der Waals surface area (Å²) in [6.45, 7) is 14.4. The molecular formula is C18H28N6OS. The van der Waals surface area contributed by atoms with E-state index in [9.17, 15) is 0 Å². The summed E-state index contributed by atoms with van der Waals surface area (Å²) in [4.78, 5) is 9.62. The number of ether oxygens (including phenoxy) is 1. The van der Waals surface area contributed by atoms with Crippen LogP contribution in [0.25, 0.3) is 0 Å². The Morgan fingerprint density at radius 1 is 1.04 bits per heavy atom. The fourth-order valence-corrected chi connectivity index (χ4v) is 3.55. The Bertz CT molecular complexity index is 724. The average Bonchev–Trinajstić information content (AvgIpc) is 3.02. The summed E-state index contributed by atoms with van der Waals surface area (Å²) < 4.78 is 7.37. The molecule has 1 aliphatic rings. The summed E-state index contributed by atoms with van der Waals surface area (Å²) >= 11 is 1.51. The van der Waals surface area contributed by atoms with Crippen molar-refractivity contribution in [2.75, 3.05) is 13.2 Å². The normalized spacial score (nSPS) is 16.8. The van der Waals surface area contributed by atoms with Gasteiger partial charge in [-0.2, -0.15) is 0 Å². The van der Waals surface area contributed by atoms with Crippen molar-refractivity contribution in [3.05, 3.63) is 17.6 Å². The SMILES string of the molecule is CC(C)(C)c1cc(Sc2nnnn2C2CCOCC2)nc(C(C)(C)C)n1. The third-order valence-corrected chi connectivity index (χ3v) is 5.21. The van der Waals surface area contributed by atoms with Gasteiger partial charge in [0.15, 0.2) is 0 Å². The summed E-state index contributed by atoms with van der Waals surface area (Å²) in [7, 11) is 0. The van der Waals surface area contributed by atoms with E-state index >= 15 is 0 Å². The van der Waals surface area contributed by atoms with Crippen molar-refractivity contribution in [1.29, 1.82) is 0 Å². The average molecular weight is 377 g/mol. The number of nitrogens with zero attached hydrogens (tertiary/aromatic N) is 6. The lowest BCUT2D eigenvalue weighted by Gasteiger charge is -2.24. The molecule has 2 aromatic rings. The Balaban J connectivity index is 1.94. The predicted octanol–water partition coefficient (Wildman–Crippen LogP) is 3.56. The fourth-order valence-electron chi connectivity index (χ4n) is 2.70. The van der Waals surface area contributed by atoms with Crippen LogP contribution in [-0.4, -0.2) is 43.4 Å². The number of hydrogen-bond acceptors (Lipinski definition) is 7. The molecule has 1 saturated heterocycles. The Kier molecular flexibility index (Phi) is 5.35. The fraction of sp³-hybridized carbons (Fsp3) is 0.722. The van der Waals surface area contributed by atoms with Crippen LogP contribution in [0.4, 0.5) is 0 Å². The summed E-state index contributed by atoms with van der Waals surface area (Å²) in [5, 5.41) is 14.0. The highest BCUT2D eigenvalue weighted by molar-refractivity contribution is 7.99. The molecule has 8 heteroatoms. The Labute approximate surface area is 159 Å². The summed E-state index contributed by atoms with van der Waals surface area (Å²) in [6.07, 6.45) is 1.87. The van der Waals surface area contributed by atoms with Gasteiger partial charge in [-0.1, -0.05) is 41.5 Å². The van der Waals surface area contributed by atoms with Gasteiger partial charge >= 0.3 is 0 Å². The van der Waals surface area contributed by atoms with E-state index in [2.05, 4.69) is 63.1 Å². The molecule has 1 fully saturated rings. The van der Waals surface area contributed by atoms with Gasteiger partial charge < -0.3 is 4.74 Å². The van der Waals surface area contributed by atoms with Crippen molar-refractivity contribution in [1.82, 2.24) is 30.2 Å². The number of hydrogen-bond donors (Lipinski definition) is 0. The van der Waals surface area contributed by atoms with Crippen LogP contribution in [0.15, 0.2) is 16.2 Å². The van der Waals surface area contributed by atoms with E-state index in [0.29, 0.717) is 0 Å². The molecule has 0 saturated carbocycles. The van der Waals surface area contributed by atoms with Gasteiger partial charge in [0.25, 0.3) is 0 Å². The highest BCUT2D eigenvalue weighted by Gasteiger charge is 2.26. The Hall–Kier alpha value is -1.54. The molecule has 0 aliphatic carbocycles. The zero-order valence-corrected chi connectivity index (χ0v) is 17.3. The molecule has 0 spiro atoms. The first-order chi connectivity index (χ1) is 12.1. The smallest absolute Gasteiger partial charge is 0.215 e. The molecule has 3 heterocycles. The Morgan fingerprint density at radius 2 is 1.73 bits per heavy atom. The van der Waals surface area contributed by atoms with Gasteiger partial charge in [-0.3, -0.25) is 0 Å². The predicted molar refractivity (Wildman–Crippen MR) is 100 cm³/mol. The van der Waals surface area contributed by atoms with E-state index in [0.717, 1.165) is 47.8 Å². The highest BCUT2D eigenvalue weighted by Crippen LogP contribution is 2.33. The highest BCUT2D eigenvalue weighted by atomic mass is 32.2. The lowest BCUT2D eigenvalue weighted by molar-refractivity contribution is 0.0631. The molecule has 142 valence electrons. The topological polar surface area (TPSA) is 78.6 Å². The monoisotopic (exact) mass is 376 g/mol. The van der Waals surface area contributed by atoms with E-state index < -0.39 is 0 Å². The van der Waals surface area contributed by atoms with Crippen molar-refractivity contribution in [2.45, 2.75) is 81.4 Å². The van der Waals surface area contributed by atoms with Crippen molar-refractivity contribution >= 4 is 11.8 Å². The van der Waals surface area contributed by atoms with E-state index in [4.69, 9.17) is 14.7 Å². The first kappa shape index (κ1) is 19.2. The molecule has 1 aliphatic heterocycles. The third-order valence-electron chi connectivity index (χ3n) is 4.34. The number of rotatable bonds is 3. The van der Waals surface area contributed by atoms with Gasteiger partial charge in [-0.05, 0) is 41.1 Å². The molecule has 0 aromatic carbocycles. The summed E-state index contributed by atoms with van der Waals surface area (Å²) in [5.41, 5.74) is 0.860. The van der Waals surface area contributed by atoms with E-state index in [1.807, 2.05) is 4.68 Å². The van der Waals surface area contributed by atoms with Crippen LogP contribution in [-0.2, 0) is 15.6 Å². The lowest BCUT2D eigenvalue weighted by atomic mass is 9.90. The Morgan fingerprint density at radius 3 is 2.35 bits per heavy atom. The molecule has 26 heavy (non-hydrogen) atoms. The largest absolute Gasteiger partial charge is 0.381 e. The zero-order chi connectivity index (χ0) is 18.9. The standard InChI is InChI=1S/C18H28N6OS/c1-17(2,3)13-11-14(20-15(19-13)18(4,5)6)26-16-21-22-23-24(16)12-7-9-25-10-8-12/h11-12H,7-10H2,1-6H3. The van der Waals surface area contributed by atoms with Gasteiger partial charge in [0, 0.05) is 24.0 Å². The number of tetrazole rings is 1. The molecule has 7 nitrogen and oxygen atoms in total. The molecule has 3 rings (SSSR count). The molecule has 0 radical (unpaired) electrons. The first-order valence-corrected chi connectivity index (χ1v) is 9.90. The summed E-state index contributed by atoms with van der Waals surface area (Å²) in [6, 6.07) is 2.34. The molecular weight excluding hydrogens is 348 g/mol. The van der Waals surface area contributed by atoms with Crippen LogP contribution < -0.4 is 0 Å². The van der Waals surface area contributed by atoms with Crippen LogP contribution in [0.3, 0.4) is 0 Å². The van der Waals surface area contributed by atoms with Crippen molar-refractivity contribution in [2.24, 2.45) is 0 Å². The molecule has 0 bridgehead atoms. The second-order valence-electron chi connectivity index (χ2n) is 8.77. The van der Waals surface area contributed by atoms with Crippen molar-refractivity contribution in [3.63, 3.8) is 0 Å². The second kappa shape index (κ2) is 7.23.